The Morgan fingerprint density at radius 1 is 1.43 bits per heavy atom. The molecular formula is C11H17N3O6S. The first kappa shape index (κ1) is 17.3. The second kappa shape index (κ2) is 7.31. The third-order valence-corrected chi connectivity index (χ3v) is 4.66. The number of aliphatic hydroxyl groups is 1. The van der Waals surface area contributed by atoms with Crippen LogP contribution < -0.4 is 5.73 Å². The van der Waals surface area contributed by atoms with Crippen LogP contribution in [-0.4, -0.2) is 56.2 Å². The maximum Gasteiger partial charge on any atom is 0.312 e. The van der Waals surface area contributed by atoms with Gasteiger partial charge in [0, 0.05) is 20.2 Å². The number of aliphatic hydroxyl groups excluding tert-OH is 1. The summed E-state index contributed by atoms with van der Waals surface area (Å²) in [6.45, 7) is -0.558. The van der Waals surface area contributed by atoms with Crippen LogP contribution in [0.3, 0.4) is 0 Å². The van der Waals surface area contributed by atoms with E-state index in [9.17, 15) is 18.5 Å². The molecule has 1 aromatic carbocycles. The normalized spacial score (nSPS) is 11.8. The van der Waals surface area contributed by atoms with Crippen molar-refractivity contribution < 1.29 is 23.2 Å². The van der Waals surface area contributed by atoms with Gasteiger partial charge in [-0.25, -0.2) is 8.42 Å². The van der Waals surface area contributed by atoms with Crippen LogP contribution in [0.1, 0.15) is 0 Å². The van der Waals surface area contributed by atoms with Gasteiger partial charge in [-0.05, 0) is 12.1 Å². The molecule has 3 N–H and O–H groups in total. The third-order valence-electron chi connectivity index (χ3n) is 2.72. The number of nitro groups is 1. The predicted molar refractivity (Wildman–Crippen MR) is 75.2 cm³/mol. The monoisotopic (exact) mass is 319 g/mol. The number of nitrogens with zero attached hydrogens (tertiary/aromatic N) is 2. The highest BCUT2D eigenvalue weighted by atomic mass is 32.2. The fourth-order valence-electron chi connectivity index (χ4n) is 1.74. The van der Waals surface area contributed by atoms with E-state index in [4.69, 9.17) is 15.6 Å². The smallest absolute Gasteiger partial charge is 0.312 e. The number of benzene rings is 1. The number of nitrogen functional groups attached to an aromatic ring is 1. The van der Waals surface area contributed by atoms with Crippen LogP contribution in [0.15, 0.2) is 23.1 Å². The largest absolute Gasteiger partial charge is 0.395 e. The maximum absolute atomic E-state index is 12.5. The molecule has 1 aromatic rings. The molecular weight excluding hydrogens is 302 g/mol. The van der Waals surface area contributed by atoms with E-state index < -0.39 is 32.1 Å². The molecule has 0 atom stereocenters. The summed E-state index contributed by atoms with van der Waals surface area (Å²) in [6.07, 6.45) is 0. The molecule has 0 aliphatic carbocycles. The highest BCUT2D eigenvalue weighted by Crippen LogP contribution is 2.31. The minimum atomic E-state index is -4.16. The number of nitro benzene ring substituents is 1. The lowest BCUT2D eigenvalue weighted by atomic mass is 10.3. The number of hydrogen-bond acceptors (Lipinski definition) is 7. The topological polar surface area (TPSA) is 136 Å². The van der Waals surface area contributed by atoms with Gasteiger partial charge in [0.1, 0.15) is 5.69 Å². The number of nitrogens with two attached hydrogens (primary N) is 1. The summed E-state index contributed by atoms with van der Waals surface area (Å²) in [7, 11) is -2.77. The fraction of sp³-hybridized carbons (Fsp3) is 0.455. The maximum atomic E-state index is 12.5. The number of anilines is 1. The zero-order valence-corrected chi connectivity index (χ0v) is 12.2. The molecule has 0 bridgehead atoms. The summed E-state index contributed by atoms with van der Waals surface area (Å²) >= 11 is 0. The Labute approximate surface area is 122 Å². The van der Waals surface area contributed by atoms with Crippen LogP contribution in [0.4, 0.5) is 11.4 Å². The lowest BCUT2D eigenvalue weighted by Gasteiger charge is -2.21. The van der Waals surface area contributed by atoms with E-state index in [0.717, 1.165) is 10.4 Å². The predicted octanol–water partition coefficient (Wildman–Crippen LogP) is -0.194. The first-order valence-corrected chi connectivity index (χ1v) is 7.43. The number of sulfonamides is 1. The minimum Gasteiger partial charge on any atom is -0.395 e. The molecule has 0 aromatic heterocycles. The van der Waals surface area contributed by atoms with Crippen LogP contribution >= 0.6 is 0 Å². The average molecular weight is 319 g/mol. The number of ether oxygens (including phenoxy) is 1. The van der Waals surface area contributed by atoms with Crippen LogP contribution in [0.2, 0.25) is 0 Å². The molecule has 10 heteroatoms. The Bertz CT molecular complexity index is 604. The highest BCUT2D eigenvalue weighted by Gasteiger charge is 2.32. The molecule has 0 saturated carbocycles. The molecule has 0 fully saturated rings. The first-order chi connectivity index (χ1) is 9.86. The Balaban J connectivity index is 3.34. The Morgan fingerprint density at radius 2 is 2.10 bits per heavy atom. The molecule has 0 aliphatic rings. The number of rotatable bonds is 8. The summed E-state index contributed by atoms with van der Waals surface area (Å²) in [6, 6.07) is 3.69. The van der Waals surface area contributed by atoms with Crippen molar-refractivity contribution in [2.45, 2.75) is 4.90 Å². The van der Waals surface area contributed by atoms with Crippen molar-refractivity contribution in [1.82, 2.24) is 4.31 Å². The van der Waals surface area contributed by atoms with Crippen molar-refractivity contribution in [3.05, 3.63) is 28.3 Å². The summed E-state index contributed by atoms with van der Waals surface area (Å²) in [4.78, 5) is 9.71. The van der Waals surface area contributed by atoms with Gasteiger partial charge in [0.05, 0.1) is 18.1 Å². The summed E-state index contributed by atoms with van der Waals surface area (Å²) in [5.41, 5.74) is 4.59. The van der Waals surface area contributed by atoms with Crippen molar-refractivity contribution >= 4 is 21.4 Å². The van der Waals surface area contributed by atoms with Crippen LogP contribution in [0.5, 0.6) is 0 Å². The molecule has 0 aliphatic heterocycles. The molecule has 21 heavy (non-hydrogen) atoms. The molecule has 0 heterocycles. The molecule has 9 nitrogen and oxygen atoms in total. The van der Waals surface area contributed by atoms with Crippen LogP contribution in [0.25, 0.3) is 0 Å². The average Bonchev–Trinajstić information content (AvgIpc) is 2.42. The second-order valence-electron chi connectivity index (χ2n) is 4.07. The van der Waals surface area contributed by atoms with Gasteiger partial charge in [0.15, 0.2) is 4.90 Å². The van der Waals surface area contributed by atoms with Gasteiger partial charge in [-0.1, -0.05) is 6.07 Å². The Hall–Kier alpha value is -1.75. The Morgan fingerprint density at radius 3 is 2.62 bits per heavy atom. The molecule has 118 valence electrons. The van der Waals surface area contributed by atoms with Crippen molar-refractivity contribution in [3.63, 3.8) is 0 Å². The van der Waals surface area contributed by atoms with E-state index in [1.54, 1.807) is 0 Å². The molecule has 0 saturated heterocycles. The van der Waals surface area contributed by atoms with E-state index in [0.29, 0.717) is 0 Å². The molecule has 0 radical (unpaired) electrons. The van der Waals surface area contributed by atoms with Crippen molar-refractivity contribution in [1.29, 1.82) is 0 Å². The molecule has 0 amide bonds. The SMILES string of the molecule is COCCN(CCO)S(=O)(=O)c1cccc(N)c1[N+](=O)[O-]. The highest BCUT2D eigenvalue weighted by molar-refractivity contribution is 7.89. The van der Waals surface area contributed by atoms with Gasteiger partial charge >= 0.3 is 5.69 Å². The molecule has 0 unspecified atom stereocenters. The van der Waals surface area contributed by atoms with E-state index in [2.05, 4.69) is 0 Å². The third kappa shape index (κ3) is 3.88. The summed E-state index contributed by atoms with van der Waals surface area (Å²) in [5.74, 6) is 0. The summed E-state index contributed by atoms with van der Waals surface area (Å²) in [5, 5.41) is 20.0. The van der Waals surface area contributed by atoms with Gasteiger partial charge < -0.3 is 15.6 Å². The number of methoxy groups -OCH3 is 1. The lowest BCUT2D eigenvalue weighted by molar-refractivity contribution is -0.386. The zero-order chi connectivity index (χ0) is 16.0. The Kier molecular flexibility index (Phi) is 6.03. The lowest BCUT2D eigenvalue weighted by Crippen LogP contribution is -2.36. The van der Waals surface area contributed by atoms with Gasteiger partial charge in [0.2, 0.25) is 10.0 Å². The first-order valence-electron chi connectivity index (χ1n) is 5.99. The van der Waals surface area contributed by atoms with Crippen LogP contribution in [0, 0.1) is 10.1 Å². The standard InChI is InChI=1S/C11H17N3O6S/c1-20-8-6-13(5-7-15)21(18,19)10-4-2-3-9(12)11(10)14(16)17/h2-4,15H,5-8,12H2,1H3. The van der Waals surface area contributed by atoms with Gasteiger partial charge in [0.25, 0.3) is 0 Å². The minimum absolute atomic E-state index is 0.0364. The fourth-order valence-corrected chi connectivity index (χ4v) is 3.34. The van der Waals surface area contributed by atoms with E-state index in [-0.39, 0.29) is 25.4 Å². The zero-order valence-electron chi connectivity index (χ0n) is 11.4. The van der Waals surface area contributed by atoms with Crippen molar-refractivity contribution in [3.8, 4) is 0 Å². The second-order valence-corrected chi connectivity index (χ2v) is 5.98. The van der Waals surface area contributed by atoms with E-state index in [1.807, 2.05) is 0 Å². The van der Waals surface area contributed by atoms with Gasteiger partial charge in [-0.2, -0.15) is 4.31 Å². The summed E-state index contributed by atoms with van der Waals surface area (Å²) < 4.78 is 30.7. The molecule has 1 rings (SSSR count). The quantitative estimate of drug-likeness (QED) is 0.385. The van der Waals surface area contributed by atoms with E-state index >= 15 is 0 Å². The number of hydrogen-bond donors (Lipinski definition) is 2. The number of para-hydroxylation sites is 1. The van der Waals surface area contributed by atoms with E-state index in [1.165, 1.54) is 19.2 Å². The molecule has 0 spiro atoms. The van der Waals surface area contributed by atoms with Crippen molar-refractivity contribution in [2.75, 3.05) is 39.1 Å². The van der Waals surface area contributed by atoms with Gasteiger partial charge in [-0.3, -0.25) is 10.1 Å². The van der Waals surface area contributed by atoms with Crippen molar-refractivity contribution in [2.24, 2.45) is 0 Å². The van der Waals surface area contributed by atoms with Crippen LogP contribution in [-0.2, 0) is 14.8 Å². The van der Waals surface area contributed by atoms with Gasteiger partial charge in [-0.15, -0.1) is 0 Å².